The number of nitrogens with two attached hydrogens (primary N) is 1. The Labute approximate surface area is 146 Å². The Kier molecular flexibility index (Phi) is 9.65. The van der Waals surface area contributed by atoms with E-state index < -0.39 is 6.04 Å². The summed E-state index contributed by atoms with van der Waals surface area (Å²) < 4.78 is 10.8. The summed E-state index contributed by atoms with van der Waals surface area (Å²) in [6, 6.07) is 9.62. The first-order chi connectivity index (χ1) is 11.4. The summed E-state index contributed by atoms with van der Waals surface area (Å²) in [6.45, 7) is 9.40. The molecule has 0 amide bonds. The molecule has 0 saturated carbocycles. The first-order valence-electron chi connectivity index (χ1n) is 8.94. The summed E-state index contributed by atoms with van der Waals surface area (Å²) in [5, 5.41) is 0. The van der Waals surface area contributed by atoms with Crippen LogP contribution in [0, 0.1) is 18.8 Å². The van der Waals surface area contributed by atoms with Crippen molar-refractivity contribution in [3.8, 4) is 0 Å². The summed E-state index contributed by atoms with van der Waals surface area (Å²) in [7, 11) is 0. The molecule has 4 nitrogen and oxygen atoms in total. The predicted molar refractivity (Wildman–Crippen MR) is 97.7 cm³/mol. The molecule has 1 heterocycles. The van der Waals surface area contributed by atoms with Crippen LogP contribution >= 0.6 is 0 Å². The van der Waals surface area contributed by atoms with Crippen molar-refractivity contribution in [2.45, 2.75) is 59.1 Å². The zero-order valence-electron chi connectivity index (χ0n) is 15.5. The molecule has 3 atom stereocenters. The van der Waals surface area contributed by atoms with Gasteiger partial charge in [0.2, 0.25) is 0 Å². The van der Waals surface area contributed by atoms with Crippen LogP contribution in [0.15, 0.2) is 30.3 Å². The molecule has 1 saturated heterocycles. The Hall–Kier alpha value is -1.39. The fourth-order valence-electron chi connectivity index (χ4n) is 2.61. The van der Waals surface area contributed by atoms with E-state index in [4.69, 9.17) is 15.2 Å². The maximum atomic E-state index is 11.5. The van der Waals surface area contributed by atoms with Crippen LogP contribution in [0.25, 0.3) is 0 Å². The molecule has 0 spiro atoms. The molecule has 0 aromatic heterocycles. The van der Waals surface area contributed by atoms with Gasteiger partial charge in [0.15, 0.2) is 0 Å². The number of ether oxygens (including phenoxy) is 2. The minimum Gasteiger partial charge on any atom is -0.461 e. The van der Waals surface area contributed by atoms with Crippen LogP contribution in [0.3, 0.4) is 0 Å². The highest BCUT2D eigenvalue weighted by atomic mass is 16.5. The number of carbonyl (C=O) groups is 1. The van der Waals surface area contributed by atoms with E-state index in [9.17, 15) is 4.79 Å². The number of hydrogen-bond donors (Lipinski definition) is 1. The first kappa shape index (κ1) is 20.7. The lowest BCUT2D eigenvalue weighted by Gasteiger charge is -2.20. The van der Waals surface area contributed by atoms with E-state index in [2.05, 4.69) is 32.9 Å². The lowest BCUT2D eigenvalue weighted by molar-refractivity contribution is -0.150. The third-order valence-corrected chi connectivity index (χ3v) is 4.03. The number of esters is 1. The van der Waals surface area contributed by atoms with Crippen LogP contribution < -0.4 is 5.73 Å². The van der Waals surface area contributed by atoms with Crippen molar-refractivity contribution in [1.29, 1.82) is 0 Å². The van der Waals surface area contributed by atoms with Gasteiger partial charge in [-0.2, -0.15) is 0 Å². The van der Waals surface area contributed by atoms with Gasteiger partial charge in [-0.15, -0.1) is 0 Å². The van der Waals surface area contributed by atoms with Gasteiger partial charge in [-0.1, -0.05) is 56.2 Å². The lowest BCUT2D eigenvalue weighted by atomic mass is 9.94. The molecule has 1 fully saturated rings. The molecule has 2 rings (SSSR count). The minimum absolute atomic E-state index is 0.0626. The number of carbonyl (C=O) groups excluding carboxylic acids is 1. The number of rotatable bonds is 3. The average Bonchev–Trinajstić information content (AvgIpc) is 2.58. The molecular weight excluding hydrogens is 302 g/mol. The topological polar surface area (TPSA) is 61.5 Å². The molecule has 4 heteroatoms. The highest BCUT2D eigenvalue weighted by molar-refractivity contribution is 5.75. The third-order valence-electron chi connectivity index (χ3n) is 4.03. The van der Waals surface area contributed by atoms with Gasteiger partial charge < -0.3 is 15.2 Å². The monoisotopic (exact) mass is 335 g/mol. The van der Waals surface area contributed by atoms with Crippen molar-refractivity contribution < 1.29 is 14.3 Å². The number of hydrogen-bond acceptors (Lipinski definition) is 4. The summed E-state index contributed by atoms with van der Waals surface area (Å²) >= 11 is 0. The number of benzene rings is 1. The quantitative estimate of drug-likeness (QED) is 0.855. The third kappa shape index (κ3) is 9.04. The van der Waals surface area contributed by atoms with Gasteiger partial charge in [0.25, 0.3) is 0 Å². The maximum absolute atomic E-state index is 11.5. The van der Waals surface area contributed by atoms with Crippen LogP contribution in [0.4, 0.5) is 0 Å². The number of cyclic esters (lactones) is 1. The molecule has 1 aromatic rings. The van der Waals surface area contributed by atoms with Crippen molar-refractivity contribution in [3.63, 3.8) is 0 Å². The van der Waals surface area contributed by atoms with Crippen LogP contribution in [0.1, 0.15) is 45.6 Å². The Morgan fingerprint density at radius 2 is 1.88 bits per heavy atom. The Morgan fingerprint density at radius 1 is 1.21 bits per heavy atom. The van der Waals surface area contributed by atoms with Crippen molar-refractivity contribution in [2.24, 2.45) is 17.6 Å². The molecule has 2 unspecified atom stereocenters. The van der Waals surface area contributed by atoms with E-state index in [-0.39, 0.29) is 18.7 Å². The molecule has 0 radical (unpaired) electrons. The Balaban J connectivity index is 0.000000341. The Morgan fingerprint density at radius 3 is 2.42 bits per heavy atom. The highest BCUT2D eigenvalue weighted by Gasteiger charge is 2.24. The van der Waals surface area contributed by atoms with Crippen molar-refractivity contribution in [2.75, 3.05) is 13.2 Å². The van der Waals surface area contributed by atoms with Gasteiger partial charge in [0, 0.05) is 6.61 Å². The second-order valence-corrected chi connectivity index (χ2v) is 7.12. The van der Waals surface area contributed by atoms with Crippen LogP contribution in [0.2, 0.25) is 0 Å². The average molecular weight is 335 g/mol. The van der Waals surface area contributed by atoms with E-state index in [1.165, 1.54) is 12.0 Å². The number of aryl methyl sites for hydroxylation is 1. The standard InChI is InChI=1S/C13H25NO3.C7H8/c1-9(2)4-5-11-6-10(3)17-13(15)12(14)8-16-7-11;1-7-5-3-2-4-6-7/h9-12H,4-8,14H2,1-3H3;2-6H,1H3/t10?,11?,12-;/m0./s1. The zero-order valence-corrected chi connectivity index (χ0v) is 15.5. The van der Waals surface area contributed by atoms with Crippen molar-refractivity contribution in [3.05, 3.63) is 35.9 Å². The first-order valence-corrected chi connectivity index (χ1v) is 8.94. The fourth-order valence-corrected chi connectivity index (χ4v) is 2.61. The molecule has 0 bridgehead atoms. The smallest absolute Gasteiger partial charge is 0.325 e. The molecule has 1 aliphatic heterocycles. The van der Waals surface area contributed by atoms with E-state index in [0.717, 1.165) is 12.8 Å². The summed E-state index contributed by atoms with van der Waals surface area (Å²) in [4.78, 5) is 11.5. The lowest BCUT2D eigenvalue weighted by Crippen LogP contribution is -2.37. The largest absolute Gasteiger partial charge is 0.461 e. The van der Waals surface area contributed by atoms with Crippen molar-refractivity contribution in [1.82, 2.24) is 0 Å². The van der Waals surface area contributed by atoms with Crippen LogP contribution in [-0.4, -0.2) is 31.3 Å². The van der Waals surface area contributed by atoms with E-state index in [1.807, 2.05) is 25.1 Å². The molecular formula is C20H33NO3. The van der Waals surface area contributed by atoms with Gasteiger partial charge in [-0.25, -0.2) is 0 Å². The van der Waals surface area contributed by atoms with Gasteiger partial charge in [0.1, 0.15) is 6.04 Å². The normalized spacial score (nSPS) is 24.9. The fraction of sp³-hybridized carbons (Fsp3) is 0.650. The SMILES string of the molecule is CC(C)CCC1COC[C@H](N)C(=O)OC(C)C1.Cc1ccccc1. The molecule has 136 valence electrons. The Bertz CT molecular complexity index is 461. The van der Waals surface area contributed by atoms with Gasteiger partial charge in [0.05, 0.1) is 12.7 Å². The molecule has 0 aliphatic carbocycles. The van der Waals surface area contributed by atoms with E-state index in [1.54, 1.807) is 0 Å². The summed E-state index contributed by atoms with van der Waals surface area (Å²) in [6.07, 6.45) is 3.10. The van der Waals surface area contributed by atoms with Gasteiger partial charge in [-0.3, -0.25) is 4.79 Å². The molecule has 1 aliphatic rings. The second-order valence-electron chi connectivity index (χ2n) is 7.12. The molecule has 2 N–H and O–H groups in total. The maximum Gasteiger partial charge on any atom is 0.325 e. The van der Waals surface area contributed by atoms with Gasteiger partial charge >= 0.3 is 5.97 Å². The molecule has 1 aromatic carbocycles. The van der Waals surface area contributed by atoms with Crippen LogP contribution in [-0.2, 0) is 14.3 Å². The predicted octanol–water partition coefficient (Wildman–Crippen LogP) is 3.71. The van der Waals surface area contributed by atoms with Crippen LogP contribution in [0.5, 0.6) is 0 Å². The second kappa shape index (κ2) is 11.2. The summed E-state index contributed by atoms with van der Waals surface area (Å²) in [5.41, 5.74) is 6.97. The highest BCUT2D eigenvalue weighted by Crippen LogP contribution is 2.20. The van der Waals surface area contributed by atoms with Gasteiger partial charge in [-0.05, 0) is 38.5 Å². The van der Waals surface area contributed by atoms with E-state index >= 15 is 0 Å². The molecule has 24 heavy (non-hydrogen) atoms. The minimum atomic E-state index is -0.638. The summed E-state index contributed by atoms with van der Waals surface area (Å²) in [5.74, 6) is 0.815. The zero-order chi connectivity index (χ0) is 17.9. The van der Waals surface area contributed by atoms with E-state index in [0.29, 0.717) is 18.4 Å². The van der Waals surface area contributed by atoms with Crippen molar-refractivity contribution >= 4 is 5.97 Å².